The van der Waals surface area contributed by atoms with E-state index in [2.05, 4.69) is 10.0 Å². The normalized spacial score (nSPS) is 14.0. The van der Waals surface area contributed by atoms with Gasteiger partial charge in [-0.05, 0) is 46.8 Å². The van der Waals surface area contributed by atoms with E-state index in [1.54, 1.807) is 34.5 Å². The second-order valence-corrected chi connectivity index (χ2v) is 10.5. The number of morpholine rings is 1. The molecule has 1 saturated heterocycles. The lowest BCUT2D eigenvalue weighted by molar-refractivity contribution is -0.134. The first-order chi connectivity index (χ1) is 16.3. The van der Waals surface area contributed by atoms with E-state index in [1.807, 2.05) is 18.2 Å². The maximum absolute atomic E-state index is 13.0. The second-order valence-electron chi connectivity index (χ2n) is 7.82. The molecule has 0 saturated carbocycles. The Hall–Kier alpha value is -3.21. The minimum atomic E-state index is -3.83. The lowest BCUT2D eigenvalue weighted by Crippen LogP contribution is -2.41. The van der Waals surface area contributed by atoms with E-state index in [0.29, 0.717) is 42.6 Å². The first-order valence-corrected chi connectivity index (χ1v) is 13.1. The van der Waals surface area contributed by atoms with Crippen molar-refractivity contribution in [3.05, 3.63) is 64.9 Å². The molecule has 34 heavy (non-hydrogen) atoms. The fraction of sp³-hybridized carbons (Fsp3) is 0.250. The maximum Gasteiger partial charge on any atom is 0.261 e. The van der Waals surface area contributed by atoms with Crippen LogP contribution in [0.25, 0.3) is 11.1 Å². The molecule has 2 aromatic carbocycles. The summed E-state index contributed by atoms with van der Waals surface area (Å²) in [5.74, 6) is -0.207. The van der Waals surface area contributed by atoms with Crippen LogP contribution in [0.15, 0.2) is 64.9 Å². The number of ether oxygens (including phenoxy) is 1. The van der Waals surface area contributed by atoms with Crippen LogP contribution in [-0.4, -0.2) is 51.4 Å². The van der Waals surface area contributed by atoms with Crippen molar-refractivity contribution >= 4 is 44.5 Å². The van der Waals surface area contributed by atoms with E-state index in [4.69, 9.17) is 4.74 Å². The molecule has 1 fully saturated rings. The van der Waals surface area contributed by atoms with Gasteiger partial charge in [-0.1, -0.05) is 24.3 Å². The smallest absolute Gasteiger partial charge is 0.261 e. The fourth-order valence-corrected chi connectivity index (χ4v) is 5.62. The number of rotatable bonds is 7. The number of nitrogens with zero attached hydrogens (tertiary/aromatic N) is 1. The monoisotopic (exact) mass is 499 g/mol. The summed E-state index contributed by atoms with van der Waals surface area (Å²) in [5, 5.41) is 4.51. The Bertz CT molecular complexity index is 1280. The zero-order valence-corrected chi connectivity index (χ0v) is 20.2. The highest BCUT2D eigenvalue weighted by Crippen LogP contribution is 2.28. The molecule has 2 amide bonds. The quantitative estimate of drug-likeness (QED) is 0.517. The predicted molar refractivity (Wildman–Crippen MR) is 132 cm³/mol. The van der Waals surface area contributed by atoms with Gasteiger partial charge in [-0.15, -0.1) is 11.3 Å². The third-order valence-electron chi connectivity index (χ3n) is 5.35. The van der Waals surface area contributed by atoms with Crippen LogP contribution in [0.1, 0.15) is 11.8 Å². The van der Waals surface area contributed by atoms with Crippen molar-refractivity contribution in [2.75, 3.05) is 36.3 Å². The largest absolute Gasteiger partial charge is 0.378 e. The molecule has 0 bridgehead atoms. The van der Waals surface area contributed by atoms with Gasteiger partial charge in [0.2, 0.25) is 11.8 Å². The molecule has 4 rings (SSSR count). The van der Waals surface area contributed by atoms with Gasteiger partial charge in [0.15, 0.2) is 0 Å². The number of hydrogen-bond donors (Lipinski definition) is 2. The van der Waals surface area contributed by atoms with E-state index < -0.39 is 10.0 Å². The van der Waals surface area contributed by atoms with Crippen molar-refractivity contribution in [2.45, 2.75) is 18.2 Å². The Morgan fingerprint density at radius 1 is 1.03 bits per heavy atom. The van der Waals surface area contributed by atoms with E-state index in [0.717, 1.165) is 11.1 Å². The Balaban J connectivity index is 1.47. The third-order valence-corrected chi connectivity index (χ3v) is 7.65. The molecular weight excluding hydrogens is 474 g/mol. The first kappa shape index (κ1) is 23.9. The van der Waals surface area contributed by atoms with Gasteiger partial charge in [-0.25, -0.2) is 8.42 Å². The molecule has 0 atom stereocenters. The standard InChI is InChI=1S/C24H25N3O5S2/c1-17(28)25-20-4-2-3-19(15-20)18-5-7-21(8-6-18)34(30,31)26-22-9-14-33-23(22)16-24(29)27-10-12-32-13-11-27/h2-9,14-15,26H,10-13,16H2,1H3,(H,25,28). The molecule has 3 aromatic rings. The van der Waals surface area contributed by atoms with Crippen LogP contribution in [0.4, 0.5) is 11.4 Å². The summed E-state index contributed by atoms with van der Waals surface area (Å²) >= 11 is 1.35. The van der Waals surface area contributed by atoms with Crippen LogP contribution in [0.2, 0.25) is 0 Å². The maximum atomic E-state index is 13.0. The molecule has 8 nitrogen and oxygen atoms in total. The lowest BCUT2D eigenvalue weighted by Gasteiger charge is -2.26. The summed E-state index contributed by atoms with van der Waals surface area (Å²) < 4.78 is 33.9. The number of anilines is 2. The van der Waals surface area contributed by atoms with Crippen LogP contribution in [-0.2, 0) is 30.8 Å². The summed E-state index contributed by atoms with van der Waals surface area (Å²) in [7, 11) is -3.83. The summed E-state index contributed by atoms with van der Waals surface area (Å²) in [6.45, 7) is 3.57. The molecule has 10 heteroatoms. The van der Waals surface area contributed by atoms with E-state index in [9.17, 15) is 18.0 Å². The molecule has 0 aliphatic carbocycles. The van der Waals surface area contributed by atoms with E-state index >= 15 is 0 Å². The van der Waals surface area contributed by atoms with Crippen LogP contribution >= 0.6 is 11.3 Å². The molecule has 2 heterocycles. The highest BCUT2D eigenvalue weighted by atomic mass is 32.2. The number of carbonyl (C=O) groups excluding carboxylic acids is 2. The zero-order chi connectivity index (χ0) is 24.1. The molecule has 2 N–H and O–H groups in total. The molecule has 1 aliphatic rings. The van der Waals surface area contributed by atoms with Gasteiger partial charge in [0, 0.05) is 30.6 Å². The molecule has 0 spiro atoms. The van der Waals surface area contributed by atoms with Crippen molar-refractivity contribution in [1.29, 1.82) is 0 Å². The first-order valence-electron chi connectivity index (χ1n) is 10.7. The number of amides is 2. The van der Waals surface area contributed by atoms with E-state index in [1.165, 1.54) is 30.4 Å². The second kappa shape index (κ2) is 10.4. The summed E-state index contributed by atoms with van der Waals surface area (Å²) in [6, 6.07) is 15.5. The van der Waals surface area contributed by atoms with Crippen molar-refractivity contribution in [1.82, 2.24) is 4.90 Å². The van der Waals surface area contributed by atoms with Gasteiger partial charge >= 0.3 is 0 Å². The Labute approximate surface area is 202 Å². The van der Waals surface area contributed by atoms with Crippen molar-refractivity contribution in [3.8, 4) is 11.1 Å². The fourth-order valence-electron chi connectivity index (χ4n) is 3.64. The van der Waals surface area contributed by atoms with Gasteiger partial charge < -0.3 is 15.0 Å². The molecule has 0 radical (unpaired) electrons. The number of sulfonamides is 1. The number of thiophene rings is 1. The van der Waals surface area contributed by atoms with Crippen molar-refractivity contribution in [3.63, 3.8) is 0 Å². The zero-order valence-electron chi connectivity index (χ0n) is 18.6. The minimum Gasteiger partial charge on any atom is -0.378 e. The average molecular weight is 500 g/mol. The summed E-state index contributed by atoms with van der Waals surface area (Å²) in [4.78, 5) is 26.4. The van der Waals surface area contributed by atoms with Crippen LogP contribution in [0, 0.1) is 0 Å². The van der Waals surface area contributed by atoms with Gasteiger partial charge in [-0.3, -0.25) is 14.3 Å². The molecule has 1 aliphatic heterocycles. The van der Waals surface area contributed by atoms with Gasteiger partial charge in [0.1, 0.15) is 0 Å². The van der Waals surface area contributed by atoms with Gasteiger partial charge in [-0.2, -0.15) is 0 Å². The van der Waals surface area contributed by atoms with Gasteiger partial charge in [0.05, 0.1) is 30.2 Å². The molecular formula is C24H25N3O5S2. The van der Waals surface area contributed by atoms with Crippen molar-refractivity contribution in [2.24, 2.45) is 0 Å². The molecule has 1 aromatic heterocycles. The third kappa shape index (κ3) is 5.82. The van der Waals surface area contributed by atoms with Crippen LogP contribution in [0.3, 0.4) is 0 Å². The van der Waals surface area contributed by atoms with E-state index in [-0.39, 0.29) is 23.1 Å². The summed E-state index contributed by atoms with van der Waals surface area (Å²) in [5.41, 5.74) is 2.75. The minimum absolute atomic E-state index is 0.0444. The van der Waals surface area contributed by atoms with Gasteiger partial charge in [0.25, 0.3) is 10.0 Å². The Morgan fingerprint density at radius 2 is 1.76 bits per heavy atom. The average Bonchev–Trinajstić information content (AvgIpc) is 3.25. The lowest BCUT2D eigenvalue weighted by atomic mass is 10.1. The highest BCUT2D eigenvalue weighted by Gasteiger charge is 2.21. The van der Waals surface area contributed by atoms with Crippen LogP contribution < -0.4 is 10.0 Å². The topological polar surface area (TPSA) is 105 Å². The Kier molecular flexibility index (Phi) is 7.30. The number of carbonyl (C=O) groups is 2. The predicted octanol–water partition coefficient (Wildman–Crippen LogP) is 3.58. The highest BCUT2D eigenvalue weighted by molar-refractivity contribution is 7.92. The number of benzene rings is 2. The molecule has 0 unspecified atom stereocenters. The van der Waals surface area contributed by atoms with Crippen LogP contribution in [0.5, 0.6) is 0 Å². The number of hydrogen-bond acceptors (Lipinski definition) is 6. The number of nitrogens with one attached hydrogen (secondary N) is 2. The molecule has 178 valence electrons. The Morgan fingerprint density at radius 3 is 2.47 bits per heavy atom. The summed E-state index contributed by atoms with van der Waals surface area (Å²) in [6.07, 6.45) is 0.138. The van der Waals surface area contributed by atoms with Crippen molar-refractivity contribution < 1.29 is 22.7 Å². The SMILES string of the molecule is CC(=O)Nc1cccc(-c2ccc(S(=O)(=O)Nc3ccsc3CC(=O)N3CCOCC3)cc2)c1.